The van der Waals surface area contributed by atoms with Gasteiger partial charge in [-0.05, 0) is 60.2 Å². The Balaban J connectivity index is 1.03. The van der Waals surface area contributed by atoms with E-state index in [1.165, 1.54) is 18.1 Å². The molecule has 0 bridgehead atoms. The van der Waals surface area contributed by atoms with E-state index in [-0.39, 0.29) is 25.1 Å². The zero-order valence-electron chi connectivity index (χ0n) is 24.6. The number of rotatable bonds is 10. The lowest BCUT2D eigenvalue weighted by Crippen LogP contribution is -2.44. The Hall–Kier alpha value is -3.14. The number of ether oxygens (including phenoxy) is 4. The summed E-state index contributed by atoms with van der Waals surface area (Å²) in [7, 11) is 0. The molecule has 2 saturated heterocycles. The first-order valence-corrected chi connectivity index (χ1v) is 16.5. The molecule has 2 fully saturated rings. The van der Waals surface area contributed by atoms with Gasteiger partial charge in [0.1, 0.15) is 6.33 Å². The minimum Gasteiger partial charge on any atom is -0.454 e. The molecule has 13 nitrogen and oxygen atoms in total. The average Bonchev–Trinajstić information content (AvgIpc) is 3.64. The molecule has 3 aromatic rings. The molecule has 236 valence electrons. The number of aromatic nitrogens is 4. The second-order valence-electron chi connectivity index (χ2n) is 11.1. The minimum atomic E-state index is -0.790. The minimum absolute atomic E-state index is 0.135. The number of aryl methyl sites for hydroxylation is 1. The first kappa shape index (κ1) is 30.9. The number of likely N-dealkylation sites (tertiary alicyclic amines) is 1. The number of halogens is 1. The van der Waals surface area contributed by atoms with Crippen LogP contribution < -0.4 is 15.2 Å². The molecule has 0 spiro atoms. The fraction of sp³-hybridized carbons (Fsp3) is 0.552. The quantitative estimate of drug-likeness (QED) is 0.311. The van der Waals surface area contributed by atoms with Crippen LogP contribution in [-0.4, -0.2) is 100 Å². The maximum absolute atomic E-state index is 13.0. The predicted molar refractivity (Wildman–Crippen MR) is 165 cm³/mol. The number of nitrogen functional groups attached to an aromatic ring is 1. The van der Waals surface area contributed by atoms with Gasteiger partial charge >= 0.3 is 5.97 Å². The van der Waals surface area contributed by atoms with E-state index >= 15 is 0 Å². The van der Waals surface area contributed by atoms with Gasteiger partial charge in [0.25, 0.3) is 5.91 Å². The number of imidazole rings is 1. The smallest absolute Gasteiger partial charge is 0.307 e. The van der Waals surface area contributed by atoms with Crippen molar-refractivity contribution in [3.05, 3.63) is 22.9 Å². The van der Waals surface area contributed by atoms with Crippen LogP contribution in [0.1, 0.15) is 32.6 Å². The Morgan fingerprint density at radius 3 is 2.64 bits per heavy atom. The van der Waals surface area contributed by atoms with Gasteiger partial charge in [0.2, 0.25) is 6.79 Å². The molecule has 15 heteroatoms. The maximum Gasteiger partial charge on any atom is 0.307 e. The number of nitrogens with two attached hydrogens (primary N) is 1. The third-order valence-corrected chi connectivity index (χ3v) is 10.2. The number of carbonyl (C=O) groups is 2. The molecule has 1 amide bonds. The lowest BCUT2D eigenvalue weighted by Gasteiger charge is -2.33. The fourth-order valence-electron chi connectivity index (χ4n) is 5.68. The molecule has 0 saturated carbocycles. The first-order valence-electron chi connectivity index (χ1n) is 14.9. The molecule has 1 atom stereocenters. The summed E-state index contributed by atoms with van der Waals surface area (Å²) < 4.78 is 24.9. The van der Waals surface area contributed by atoms with E-state index < -0.39 is 6.10 Å². The van der Waals surface area contributed by atoms with E-state index in [1.807, 2.05) is 17.0 Å². The van der Waals surface area contributed by atoms with Gasteiger partial charge in [-0.25, -0.2) is 15.0 Å². The van der Waals surface area contributed by atoms with Crippen molar-refractivity contribution < 1.29 is 28.5 Å². The lowest BCUT2D eigenvalue weighted by molar-refractivity contribution is -0.160. The van der Waals surface area contributed by atoms with Crippen LogP contribution in [-0.2, 0) is 25.6 Å². The Kier molecular flexibility index (Phi) is 9.74. The second kappa shape index (κ2) is 13.9. The molecule has 44 heavy (non-hydrogen) atoms. The lowest BCUT2D eigenvalue weighted by atomic mass is 9.93. The van der Waals surface area contributed by atoms with Crippen LogP contribution in [0.3, 0.4) is 0 Å². The summed E-state index contributed by atoms with van der Waals surface area (Å²) in [6.07, 6.45) is 3.56. The summed E-state index contributed by atoms with van der Waals surface area (Å²) >= 11 is 5.14. The molecule has 2 aromatic heterocycles. The summed E-state index contributed by atoms with van der Waals surface area (Å²) in [4.78, 5) is 43.8. The zero-order chi connectivity index (χ0) is 30.6. The van der Waals surface area contributed by atoms with Crippen molar-refractivity contribution in [2.45, 2.75) is 55.3 Å². The standard InChI is InChI=1S/C29H36BrN7O6S/c1-18(43-24(38)5-6-35-10-12-40-13-11-35)28(39)36-7-2-19(3-8-36)4-9-37-27-25(26(31)32-16-33-27)34-29(37)44-23-15-22-21(14-20(23)30)41-17-42-22/h14-16,18-19H,2-13,17H2,1H3,(H2,31,32,33)/t18-/m0/s1. The topological polar surface area (TPSA) is 147 Å². The maximum atomic E-state index is 13.0. The van der Waals surface area contributed by atoms with Crippen LogP contribution in [0.5, 0.6) is 11.5 Å². The van der Waals surface area contributed by atoms with E-state index in [9.17, 15) is 9.59 Å². The highest BCUT2D eigenvalue weighted by atomic mass is 79.9. The molecule has 0 aliphatic carbocycles. The van der Waals surface area contributed by atoms with Gasteiger partial charge in [-0.2, -0.15) is 0 Å². The molecular weight excluding hydrogens is 654 g/mol. The van der Waals surface area contributed by atoms with Crippen molar-refractivity contribution in [1.29, 1.82) is 0 Å². The van der Waals surface area contributed by atoms with Crippen LogP contribution in [0, 0.1) is 5.92 Å². The Labute approximate surface area is 267 Å². The van der Waals surface area contributed by atoms with Gasteiger partial charge in [-0.3, -0.25) is 14.5 Å². The van der Waals surface area contributed by atoms with Crippen LogP contribution in [0.15, 0.2) is 33.0 Å². The molecule has 2 N–H and O–H groups in total. The van der Waals surface area contributed by atoms with E-state index in [0.29, 0.717) is 73.8 Å². The molecule has 0 unspecified atom stereocenters. The van der Waals surface area contributed by atoms with Crippen molar-refractivity contribution in [3.8, 4) is 11.5 Å². The highest BCUT2D eigenvalue weighted by molar-refractivity contribution is 9.10. The highest BCUT2D eigenvalue weighted by Crippen LogP contribution is 2.43. The number of hydrogen-bond donors (Lipinski definition) is 1. The number of carbonyl (C=O) groups excluding carboxylic acids is 2. The molecule has 5 heterocycles. The number of piperidine rings is 1. The van der Waals surface area contributed by atoms with E-state index in [4.69, 9.17) is 29.7 Å². The first-order chi connectivity index (χ1) is 21.4. The van der Waals surface area contributed by atoms with Crippen molar-refractivity contribution >= 4 is 56.6 Å². The Morgan fingerprint density at radius 2 is 1.86 bits per heavy atom. The van der Waals surface area contributed by atoms with Crippen LogP contribution in [0.25, 0.3) is 11.2 Å². The molecule has 6 rings (SSSR count). The number of hydrogen-bond acceptors (Lipinski definition) is 12. The third-order valence-electron chi connectivity index (χ3n) is 8.23. The van der Waals surface area contributed by atoms with E-state index in [0.717, 1.165) is 46.9 Å². The Bertz CT molecular complexity index is 1510. The summed E-state index contributed by atoms with van der Waals surface area (Å²) in [5, 5.41) is 0.753. The number of esters is 1. The molecule has 3 aliphatic rings. The fourth-order valence-corrected chi connectivity index (χ4v) is 7.19. The average molecular weight is 691 g/mol. The summed E-state index contributed by atoms with van der Waals surface area (Å²) in [6.45, 7) is 7.42. The zero-order valence-corrected chi connectivity index (χ0v) is 27.0. The molecule has 3 aliphatic heterocycles. The number of nitrogens with zero attached hydrogens (tertiary/aromatic N) is 6. The normalized spacial score (nSPS) is 18.1. The van der Waals surface area contributed by atoms with Crippen molar-refractivity contribution in [2.75, 3.05) is 58.5 Å². The molecule has 1 aromatic carbocycles. The van der Waals surface area contributed by atoms with Gasteiger partial charge < -0.3 is 34.1 Å². The van der Waals surface area contributed by atoms with Crippen LogP contribution in [0.4, 0.5) is 5.82 Å². The summed E-state index contributed by atoms with van der Waals surface area (Å²) in [6, 6.07) is 3.83. The third kappa shape index (κ3) is 7.05. The number of morpholine rings is 1. The number of amides is 1. The van der Waals surface area contributed by atoms with Crippen molar-refractivity contribution in [2.24, 2.45) is 5.92 Å². The van der Waals surface area contributed by atoms with Gasteiger partial charge in [0.15, 0.2) is 39.7 Å². The summed E-state index contributed by atoms with van der Waals surface area (Å²) in [5.41, 5.74) is 7.42. The Morgan fingerprint density at radius 1 is 1.11 bits per heavy atom. The van der Waals surface area contributed by atoms with Crippen LogP contribution in [0.2, 0.25) is 0 Å². The SMILES string of the molecule is C[C@H](OC(=O)CCN1CCOCC1)C(=O)N1CCC(CCn2c(Sc3cc4c(cc3Br)OCO4)nc3c(N)ncnc32)CC1. The second-order valence-corrected chi connectivity index (χ2v) is 13.0. The van der Waals surface area contributed by atoms with Gasteiger partial charge in [-0.1, -0.05) is 11.8 Å². The number of benzene rings is 1. The van der Waals surface area contributed by atoms with Gasteiger partial charge in [0.05, 0.1) is 19.6 Å². The van der Waals surface area contributed by atoms with E-state index in [2.05, 4.69) is 35.4 Å². The highest BCUT2D eigenvalue weighted by Gasteiger charge is 2.29. The van der Waals surface area contributed by atoms with Crippen molar-refractivity contribution in [1.82, 2.24) is 29.3 Å². The van der Waals surface area contributed by atoms with Gasteiger partial charge in [0, 0.05) is 48.6 Å². The van der Waals surface area contributed by atoms with Crippen molar-refractivity contribution in [3.63, 3.8) is 0 Å². The monoisotopic (exact) mass is 689 g/mol. The van der Waals surface area contributed by atoms with Crippen LogP contribution >= 0.6 is 27.7 Å². The number of fused-ring (bicyclic) bond motifs is 2. The van der Waals surface area contributed by atoms with E-state index in [1.54, 1.807) is 6.92 Å². The molecule has 0 radical (unpaired) electrons. The largest absolute Gasteiger partial charge is 0.454 e. The predicted octanol–water partition coefficient (Wildman–Crippen LogP) is 3.33. The number of anilines is 1. The molecular formula is C29H36BrN7O6S. The van der Waals surface area contributed by atoms with Gasteiger partial charge in [-0.15, -0.1) is 0 Å². The summed E-state index contributed by atoms with van der Waals surface area (Å²) in [5.74, 6) is 1.66.